The second-order valence-electron chi connectivity index (χ2n) is 5.84. The van der Waals surface area contributed by atoms with Crippen molar-refractivity contribution in [1.82, 2.24) is 14.9 Å². The van der Waals surface area contributed by atoms with Gasteiger partial charge >= 0.3 is 0 Å². The monoisotopic (exact) mass is 390 g/mol. The van der Waals surface area contributed by atoms with E-state index in [0.717, 1.165) is 10.9 Å². The van der Waals surface area contributed by atoms with E-state index < -0.39 is 0 Å². The number of ether oxygens (including phenoxy) is 1. The van der Waals surface area contributed by atoms with Crippen LogP contribution in [-0.2, 0) is 0 Å². The Bertz CT molecular complexity index is 738. The lowest BCUT2D eigenvalue weighted by atomic mass is 10.2. The molecular weight excluding hydrogens is 372 g/mol. The summed E-state index contributed by atoms with van der Waals surface area (Å²) in [4.78, 5) is 24.9. The van der Waals surface area contributed by atoms with Gasteiger partial charge in [-0.1, -0.05) is 12.1 Å². The van der Waals surface area contributed by atoms with Gasteiger partial charge in [-0.3, -0.25) is 4.79 Å². The van der Waals surface area contributed by atoms with Gasteiger partial charge in [-0.05, 0) is 28.1 Å². The summed E-state index contributed by atoms with van der Waals surface area (Å²) in [5.41, 5.74) is 0.673. The molecular formula is C17H19BrN4O2. The van der Waals surface area contributed by atoms with Gasteiger partial charge in [-0.2, -0.15) is 0 Å². The van der Waals surface area contributed by atoms with E-state index in [4.69, 9.17) is 4.74 Å². The molecule has 1 atom stereocenters. The molecule has 0 radical (unpaired) electrons. The number of carbonyl (C=O) groups excluding carboxylic acids is 1. The summed E-state index contributed by atoms with van der Waals surface area (Å²) in [7, 11) is 3.79. The van der Waals surface area contributed by atoms with Crippen LogP contribution in [0.3, 0.4) is 0 Å². The average Bonchev–Trinajstić information content (AvgIpc) is 3.03. The highest BCUT2D eigenvalue weighted by atomic mass is 79.9. The van der Waals surface area contributed by atoms with Crippen molar-refractivity contribution in [3.8, 4) is 5.88 Å². The van der Waals surface area contributed by atoms with Crippen LogP contribution in [0.4, 0.5) is 5.82 Å². The third-order valence-corrected chi connectivity index (χ3v) is 4.58. The minimum atomic E-state index is -0.0770. The zero-order chi connectivity index (χ0) is 17.1. The lowest BCUT2D eigenvalue weighted by Gasteiger charge is -2.19. The second kappa shape index (κ2) is 7.17. The van der Waals surface area contributed by atoms with Gasteiger partial charge < -0.3 is 14.5 Å². The Balaban J connectivity index is 1.68. The van der Waals surface area contributed by atoms with Gasteiger partial charge in [-0.25, -0.2) is 9.97 Å². The molecule has 0 bridgehead atoms. The van der Waals surface area contributed by atoms with Crippen molar-refractivity contribution in [2.75, 3.05) is 32.1 Å². The van der Waals surface area contributed by atoms with Crippen molar-refractivity contribution in [3.05, 3.63) is 46.7 Å². The molecule has 1 saturated heterocycles. The average molecular weight is 391 g/mol. The van der Waals surface area contributed by atoms with E-state index in [0.29, 0.717) is 30.4 Å². The molecule has 0 spiro atoms. The molecule has 1 aromatic carbocycles. The first-order valence-electron chi connectivity index (χ1n) is 7.75. The Kier molecular flexibility index (Phi) is 4.99. The van der Waals surface area contributed by atoms with Crippen molar-refractivity contribution in [1.29, 1.82) is 0 Å². The predicted octanol–water partition coefficient (Wildman–Crippen LogP) is 2.60. The predicted molar refractivity (Wildman–Crippen MR) is 95.4 cm³/mol. The van der Waals surface area contributed by atoms with Crippen LogP contribution in [-0.4, -0.2) is 54.1 Å². The lowest BCUT2D eigenvalue weighted by molar-refractivity contribution is 0.0770. The molecule has 2 aromatic rings. The number of carbonyl (C=O) groups is 1. The molecule has 126 valence electrons. The Morgan fingerprint density at radius 1 is 1.29 bits per heavy atom. The number of likely N-dealkylation sites (tertiary alicyclic amines) is 1. The lowest BCUT2D eigenvalue weighted by Crippen LogP contribution is -2.31. The quantitative estimate of drug-likeness (QED) is 0.802. The molecule has 3 rings (SSSR count). The molecule has 6 nitrogen and oxygen atoms in total. The highest BCUT2D eigenvalue weighted by molar-refractivity contribution is 9.10. The zero-order valence-corrected chi connectivity index (χ0v) is 15.2. The topological polar surface area (TPSA) is 58.6 Å². The van der Waals surface area contributed by atoms with E-state index in [2.05, 4.69) is 25.9 Å². The number of aromatic nitrogens is 2. The van der Waals surface area contributed by atoms with Crippen LogP contribution in [0.2, 0.25) is 0 Å². The van der Waals surface area contributed by atoms with Crippen LogP contribution in [0, 0.1) is 0 Å². The molecule has 24 heavy (non-hydrogen) atoms. The molecule has 1 aliphatic rings. The van der Waals surface area contributed by atoms with Crippen LogP contribution < -0.4 is 9.64 Å². The standard InChI is InChI=1S/C17H19BrN4O2/c1-21(2)15-16(20-9-8-19-15)24-12-7-10-22(11-12)17(23)13-5-3-4-6-14(13)18/h3-6,8-9,12H,7,10-11H2,1-2H3. The maximum absolute atomic E-state index is 12.6. The summed E-state index contributed by atoms with van der Waals surface area (Å²) < 4.78 is 6.80. The SMILES string of the molecule is CN(C)c1nccnc1OC1CCN(C(=O)c2ccccc2Br)C1. The number of benzene rings is 1. The van der Waals surface area contributed by atoms with Gasteiger partial charge in [0.1, 0.15) is 6.10 Å². The molecule has 0 N–H and O–H groups in total. The Morgan fingerprint density at radius 2 is 2.04 bits per heavy atom. The van der Waals surface area contributed by atoms with E-state index in [1.165, 1.54) is 0 Å². The van der Waals surface area contributed by atoms with Gasteiger partial charge in [0.2, 0.25) is 0 Å². The summed E-state index contributed by atoms with van der Waals surface area (Å²) in [6.07, 6.45) is 3.95. The van der Waals surface area contributed by atoms with Gasteiger partial charge in [0, 0.05) is 43.9 Å². The summed E-state index contributed by atoms with van der Waals surface area (Å²) in [6, 6.07) is 7.46. The number of nitrogens with zero attached hydrogens (tertiary/aromatic N) is 4. The molecule has 1 aliphatic heterocycles. The Labute approximate surface area is 149 Å². The van der Waals surface area contributed by atoms with Gasteiger partial charge in [0.15, 0.2) is 5.82 Å². The van der Waals surface area contributed by atoms with Crippen molar-refractivity contribution < 1.29 is 9.53 Å². The minimum absolute atomic E-state index is 0.0144. The highest BCUT2D eigenvalue weighted by Crippen LogP contribution is 2.25. The normalized spacial score (nSPS) is 17.0. The number of hydrogen-bond acceptors (Lipinski definition) is 5. The fraction of sp³-hybridized carbons (Fsp3) is 0.353. The Hall–Kier alpha value is -2.15. The fourth-order valence-electron chi connectivity index (χ4n) is 2.68. The van der Waals surface area contributed by atoms with Crippen molar-refractivity contribution >= 4 is 27.7 Å². The van der Waals surface area contributed by atoms with E-state index in [1.54, 1.807) is 12.4 Å². The van der Waals surface area contributed by atoms with Crippen LogP contribution >= 0.6 is 15.9 Å². The number of anilines is 1. The molecule has 2 heterocycles. The van der Waals surface area contributed by atoms with Crippen LogP contribution in [0.15, 0.2) is 41.1 Å². The number of hydrogen-bond donors (Lipinski definition) is 0. The van der Waals surface area contributed by atoms with E-state index in [9.17, 15) is 4.79 Å². The first-order valence-corrected chi connectivity index (χ1v) is 8.54. The smallest absolute Gasteiger partial charge is 0.257 e. The largest absolute Gasteiger partial charge is 0.470 e. The number of rotatable bonds is 4. The van der Waals surface area contributed by atoms with Crippen LogP contribution in [0.25, 0.3) is 0 Å². The van der Waals surface area contributed by atoms with Gasteiger partial charge in [0.25, 0.3) is 11.8 Å². The third-order valence-electron chi connectivity index (χ3n) is 3.88. The fourth-order valence-corrected chi connectivity index (χ4v) is 3.13. The van der Waals surface area contributed by atoms with E-state index >= 15 is 0 Å². The maximum Gasteiger partial charge on any atom is 0.257 e. The molecule has 1 aromatic heterocycles. The van der Waals surface area contributed by atoms with E-state index in [1.807, 2.05) is 48.2 Å². The van der Waals surface area contributed by atoms with Crippen molar-refractivity contribution in [2.45, 2.75) is 12.5 Å². The summed E-state index contributed by atoms with van der Waals surface area (Å²) in [5, 5.41) is 0. The molecule has 7 heteroatoms. The molecule has 1 unspecified atom stereocenters. The summed E-state index contributed by atoms with van der Waals surface area (Å²) >= 11 is 3.44. The van der Waals surface area contributed by atoms with Crippen LogP contribution in [0.5, 0.6) is 5.88 Å². The van der Waals surface area contributed by atoms with Crippen LogP contribution in [0.1, 0.15) is 16.8 Å². The summed E-state index contributed by atoms with van der Waals surface area (Å²) in [6.45, 7) is 1.21. The van der Waals surface area contributed by atoms with Gasteiger partial charge in [-0.15, -0.1) is 0 Å². The highest BCUT2D eigenvalue weighted by Gasteiger charge is 2.30. The van der Waals surface area contributed by atoms with Crippen molar-refractivity contribution in [3.63, 3.8) is 0 Å². The minimum Gasteiger partial charge on any atom is -0.470 e. The van der Waals surface area contributed by atoms with Gasteiger partial charge in [0.05, 0.1) is 12.1 Å². The Morgan fingerprint density at radius 3 is 2.79 bits per heavy atom. The molecule has 1 fully saturated rings. The van der Waals surface area contributed by atoms with Crippen molar-refractivity contribution in [2.24, 2.45) is 0 Å². The molecule has 0 aliphatic carbocycles. The third kappa shape index (κ3) is 3.51. The van der Waals surface area contributed by atoms with E-state index in [-0.39, 0.29) is 12.0 Å². The second-order valence-corrected chi connectivity index (χ2v) is 6.69. The number of halogens is 1. The molecule has 0 saturated carbocycles. The zero-order valence-electron chi connectivity index (χ0n) is 13.6. The molecule has 1 amide bonds. The summed E-state index contributed by atoms with van der Waals surface area (Å²) in [5.74, 6) is 1.20. The number of amides is 1. The first-order chi connectivity index (χ1) is 11.6. The maximum atomic E-state index is 12.6. The first kappa shape index (κ1) is 16.7.